The first kappa shape index (κ1) is 24.7. The number of para-hydroxylation sites is 1. The van der Waals surface area contributed by atoms with Gasteiger partial charge in [0.25, 0.3) is 17.7 Å². The van der Waals surface area contributed by atoms with Gasteiger partial charge in [-0.15, -0.1) is 0 Å². The highest BCUT2D eigenvalue weighted by atomic mass is 35.5. The molecule has 2 N–H and O–H groups in total. The van der Waals surface area contributed by atoms with Crippen LogP contribution in [0, 0.1) is 0 Å². The molecule has 3 amide bonds. The van der Waals surface area contributed by atoms with Crippen LogP contribution in [-0.2, 0) is 14.3 Å². The van der Waals surface area contributed by atoms with Gasteiger partial charge in [0.15, 0.2) is 0 Å². The molecular formula is C27H22ClN3O5. The lowest BCUT2D eigenvalue weighted by Crippen LogP contribution is -2.32. The van der Waals surface area contributed by atoms with Crippen LogP contribution in [0.2, 0.25) is 0 Å². The summed E-state index contributed by atoms with van der Waals surface area (Å²) in [5.74, 6) is -2.22. The molecule has 1 aliphatic rings. The number of benzene rings is 3. The number of nitrogens with zero attached hydrogens (tertiary/aromatic N) is 1. The number of hydrogen-bond donors (Lipinski definition) is 2. The average molecular weight is 504 g/mol. The van der Waals surface area contributed by atoms with Crippen LogP contribution in [-0.4, -0.2) is 29.8 Å². The Labute approximate surface area is 212 Å². The highest BCUT2D eigenvalue weighted by molar-refractivity contribution is 6.53. The van der Waals surface area contributed by atoms with E-state index in [4.69, 9.17) is 16.3 Å². The molecule has 0 saturated heterocycles. The molecule has 4 rings (SSSR count). The Balaban J connectivity index is 1.50. The summed E-state index contributed by atoms with van der Waals surface area (Å²) in [6.45, 7) is 3.48. The number of carbonyl (C=O) groups excluding carboxylic acids is 4. The molecule has 182 valence electrons. The number of esters is 1. The van der Waals surface area contributed by atoms with Gasteiger partial charge in [0, 0.05) is 16.9 Å². The van der Waals surface area contributed by atoms with Gasteiger partial charge in [0.05, 0.1) is 17.4 Å². The molecule has 0 bridgehead atoms. The Bertz CT molecular complexity index is 1370. The molecule has 0 atom stereocenters. The van der Waals surface area contributed by atoms with Crippen molar-refractivity contribution in [2.75, 3.05) is 15.5 Å². The third-order valence-electron chi connectivity index (χ3n) is 5.16. The molecule has 1 heterocycles. The zero-order chi connectivity index (χ0) is 25.8. The summed E-state index contributed by atoms with van der Waals surface area (Å²) >= 11 is 6.22. The zero-order valence-electron chi connectivity index (χ0n) is 19.4. The fourth-order valence-corrected chi connectivity index (χ4v) is 3.69. The van der Waals surface area contributed by atoms with Gasteiger partial charge in [-0.05, 0) is 68.4 Å². The average Bonchev–Trinajstić information content (AvgIpc) is 3.07. The first-order chi connectivity index (χ1) is 17.2. The minimum Gasteiger partial charge on any atom is -0.459 e. The molecule has 1 aliphatic heterocycles. The second-order valence-corrected chi connectivity index (χ2v) is 8.54. The van der Waals surface area contributed by atoms with Crippen molar-refractivity contribution in [3.8, 4) is 0 Å². The SMILES string of the molecule is CC(C)OC(=O)c1ccc(N2C(=O)C(Cl)=C(Nc3cccc(C(=O)Nc4ccccc4)c3)C2=O)cc1. The summed E-state index contributed by atoms with van der Waals surface area (Å²) in [4.78, 5) is 51.5. The Kier molecular flexibility index (Phi) is 7.17. The van der Waals surface area contributed by atoms with Crippen LogP contribution < -0.4 is 15.5 Å². The van der Waals surface area contributed by atoms with E-state index in [0.717, 1.165) is 4.90 Å². The van der Waals surface area contributed by atoms with Gasteiger partial charge in [-0.25, -0.2) is 9.69 Å². The van der Waals surface area contributed by atoms with E-state index in [9.17, 15) is 19.2 Å². The maximum Gasteiger partial charge on any atom is 0.338 e. The van der Waals surface area contributed by atoms with Gasteiger partial charge in [-0.2, -0.15) is 0 Å². The molecule has 0 radical (unpaired) electrons. The van der Waals surface area contributed by atoms with Gasteiger partial charge >= 0.3 is 5.97 Å². The highest BCUT2D eigenvalue weighted by Crippen LogP contribution is 2.30. The van der Waals surface area contributed by atoms with Crippen molar-refractivity contribution in [3.63, 3.8) is 0 Å². The van der Waals surface area contributed by atoms with Gasteiger partial charge in [-0.3, -0.25) is 14.4 Å². The number of rotatable bonds is 7. The van der Waals surface area contributed by atoms with Crippen LogP contribution in [0.25, 0.3) is 0 Å². The van der Waals surface area contributed by atoms with Gasteiger partial charge in [0.1, 0.15) is 10.7 Å². The van der Waals surface area contributed by atoms with Crippen molar-refractivity contribution < 1.29 is 23.9 Å². The maximum atomic E-state index is 13.1. The predicted molar refractivity (Wildman–Crippen MR) is 137 cm³/mol. The van der Waals surface area contributed by atoms with Crippen LogP contribution in [0.1, 0.15) is 34.6 Å². The number of hydrogen-bond acceptors (Lipinski definition) is 6. The lowest BCUT2D eigenvalue weighted by atomic mass is 10.1. The third kappa shape index (κ3) is 5.29. The molecule has 0 spiro atoms. The largest absolute Gasteiger partial charge is 0.459 e. The molecule has 0 saturated carbocycles. The molecule has 36 heavy (non-hydrogen) atoms. The molecule has 0 unspecified atom stereocenters. The number of amides is 3. The number of halogens is 1. The van der Waals surface area contributed by atoms with E-state index in [-0.39, 0.29) is 34.0 Å². The number of anilines is 3. The van der Waals surface area contributed by atoms with Crippen molar-refractivity contribution in [2.24, 2.45) is 0 Å². The van der Waals surface area contributed by atoms with Crippen molar-refractivity contribution in [1.82, 2.24) is 0 Å². The summed E-state index contributed by atoms with van der Waals surface area (Å²) in [6, 6.07) is 21.3. The molecule has 0 fully saturated rings. The van der Waals surface area contributed by atoms with E-state index in [1.807, 2.05) is 6.07 Å². The van der Waals surface area contributed by atoms with E-state index in [0.29, 0.717) is 16.9 Å². The van der Waals surface area contributed by atoms with Crippen LogP contribution in [0.3, 0.4) is 0 Å². The molecule has 0 aromatic heterocycles. The smallest absolute Gasteiger partial charge is 0.338 e. The Morgan fingerprint density at radius 3 is 2.17 bits per heavy atom. The maximum absolute atomic E-state index is 13.1. The number of nitrogens with one attached hydrogen (secondary N) is 2. The Morgan fingerprint density at radius 2 is 1.50 bits per heavy atom. The molecule has 8 nitrogen and oxygen atoms in total. The lowest BCUT2D eigenvalue weighted by Gasteiger charge is -2.16. The lowest BCUT2D eigenvalue weighted by molar-refractivity contribution is -0.120. The van der Waals surface area contributed by atoms with Gasteiger partial charge in [0.2, 0.25) is 0 Å². The standard InChI is InChI=1S/C27H22ClN3O5/c1-16(2)36-27(35)17-11-13-21(14-12-17)31-25(33)22(28)23(26(31)34)29-20-10-6-7-18(15-20)24(32)30-19-8-4-3-5-9-19/h3-16,29H,1-2H3,(H,30,32). The summed E-state index contributed by atoms with van der Waals surface area (Å²) < 4.78 is 5.15. The first-order valence-electron chi connectivity index (χ1n) is 11.1. The molecule has 3 aromatic carbocycles. The van der Waals surface area contributed by atoms with Crippen molar-refractivity contribution in [3.05, 3.63) is 101 Å². The second-order valence-electron chi connectivity index (χ2n) is 8.16. The summed E-state index contributed by atoms with van der Waals surface area (Å²) in [5.41, 5.74) is 1.80. The van der Waals surface area contributed by atoms with E-state index in [1.165, 1.54) is 24.3 Å². The van der Waals surface area contributed by atoms with Crippen LogP contribution in [0.15, 0.2) is 89.6 Å². The second kappa shape index (κ2) is 10.5. The fraction of sp³-hybridized carbons (Fsp3) is 0.111. The van der Waals surface area contributed by atoms with Crippen LogP contribution in [0.5, 0.6) is 0 Å². The van der Waals surface area contributed by atoms with Gasteiger partial charge < -0.3 is 15.4 Å². The fourth-order valence-electron chi connectivity index (χ4n) is 3.48. The zero-order valence-corrected chi connectivity index (χ0v) is 20.2. The molecule has 9 heteroatoms. The summed E-state index contributed by atoms with van der Waals surface area (Å²) in [6.07, 6.45) is -0.279. The van der Waals surface area contributed by atoms with Gasteiger partial charge in [-0.1, -0.05) is 35.9 Å². The number of ether oxygens (including phenoxy) is 1. The molecular weight excluding hydrogens is 482 g/mol. The molecule has 0 aliphatic carbocycles. The normalized spacial score (nSPS) is 13.3. The number of carbonyl (C=O) groups is 4. The number of imide groups is 1. The summed E-state index contributed by atoms with van der Waals surface area (Å²) in [7, 11) is 0. The Morgan fingerprint density at radius 1 is 0.833 bits per heavy atom. The predicted octanol–water partition coefficient (Wildman–Crippen LogP) is 4.94. The minimum atomic E-state index is -0.709. The third-order valence-corrected chi connectivity index (χ3v) is 5.51. The topological polar surface area (TPSA) is 105 Å². The Hall–Kier alpha value is -4.43. The summed E-state index contributed by atoms with van der Waals surface area (Å²) in [5, 5.41) is 5.36. The van der Waals surface area contributed by atoms with E-state index in [2.05, 4.69) is 10.6 Å². The van der Waals surface area contributed by atoms with E-state index >= 15 is 0 Å². The monoisotopic (exact) mass is 503 g/mol. The first-order valence-corrected chi connectivity index (χ1v) is 11.5. The highest BCUT2D eigenvalue weighted by Gasteiger charge is 2.39. The minimum absolute atomic E-state index is 0.120. The van der Waals surface area contributed by atoms with E-state index in [1.54, 1.807) is 62.4 Å². The van der Waals surface area contributed by atoms with E-state index < -0.39 is 17.8 Å². The van der Waals surface area contributed by atoms with Crippen molar-refractivity contribution >= 4 is 52.4 Å². The molecule has 3 aromatic rings. The van der Waals surface area contributed by atoms with Crippen LogP contribution >= 0.6 is 11.6 Å². The van der Waals surface area contributed by atoms with Crippen molar-refractivity contribution in [2.45, 2.75) is 20.0 Å². The van der Waals surface area contributed by atoms with Crippen LogP contribution in [0.4, 0.5) is 17.1 Å². The van der Waals surface area contributed by atoms with Crippen molar-refractivity contribution in [1.29, 1.82) is 0 Å². The quantitative estimate of drug-likeness (QED) is 0.349.